The van der Waals surface area contributed by atoms with Crippen molar-refractivity contribution in [2.45, 2.75) is 78.0 Å². The van der Waals surface area contributed by atoms with Gasteiger partial charge in [0.05, 0.1) is 22.5 Å². The van der Waals surface area contributed by atoms with E-state index in [0.29, 0.717) is 105 Å². The van der Waals surface area contributed by atoms with Crippen molar-refractivity contribution in [1.29, 1.82) is 0 Å². The van der Waals surface area contributed by atoms with Gasteiger partial charge in [0.25, 0.3) is 0 Å². The lowest BCUT2D eigenvalue weighted by Gasteiger charge is -2.35. The van der Waals surface area contributed by atoms with E-state index < -0.39 is 35.3 Å². The van der Waals surface area contributed by atoms with E-state index in [4.69, 9.17) is 11.5 Å². The van der Waals surface area contributed by atoms with Gasteiger partial charge in [0, 0.05) is 83.3 Å². The highest BCUT2D eigenvalue weighted by Crippen LogP contribution is 2.39. The summed E-state index contributed by atoms with van der Waals surface area (Å²) < 4.78 is 2.76. The molecule has 0 spiro atoms. The monoisotopic (exact) mass is 1090 g/mol. The van der Waals surface area contributed by atoms with Crippen molar-refractivity contribution < 1.29 is 39.6 Å². The Balaban J connectivity index is 0.000000226. The summed E-state index contributed by atoms with van der Waals surface area (Å²) in [6.45, 7) is 15.5. The van der Waals surface area contributed by atoms with E-state index in [0.717, 1.165) is 11.1 Å². The maximum absolute atomic E-state index is 12.7. The number of nitrogens with zero attached hydrogens (tertiary/aromatic N) is 8. The Bertz CT molecular complexity index is 3000. The van der Waals surface area contributed by atoms with Gasteiger partial charge in [-0.05, 0) is 76.9 Å². The lowest BCUT2D eigenvalue weighted by molar-refractivity contribution is -0.120. The predicted octanol–water partition coefficient (Wildman–Crippen LogP) is 3.23. The fraction of sp³-hybridized carbons (Fsp3) is 0.396. The van der Waals surface area contributed by atoms with Crippen LogP contribution in [0.25, 0.3) is 34.2 Å². The fourth-order valence-electron chi connectivity index (χ4n) is 9.20. The van der Waals surface area contributed by atoms with Crippen LogP contribution in [0.2, 0.25) is 0 Å². The van der Waals surface area contributed by atoms with Gasteiger partial charge >= 0.3 is 23.4 Å². The van der Waals surface area contributed by atoms with Crippen LogP contribution in [0.1, 0.15) is 75.1 Å². The molecular weight excluding hydrogens is 1020 g/mol. The van der Waals surface area contributed by atoms with Gasteiger partial charge in [-0.3, -0.25) is 19.4 Å². The lowest BCUT2D eigenvalue weighted by Crippen LogP contribution is -2.55. The molecule has 2 aromatic heterocycles. The van der Waals surface area contributed by atoms with Gasteiger partial charge in [-0.25, -0.2) is 38.5 Å². The van der Waals surface area contributed by atoms with Crippen molar-refractivity contribution >= 4 is 36.5 Å². The number of primary amides is 2. The molecular formula is C53H68N14O10S. The highest BCUT2D eigenvalue weighted by atomic mass is 32.1. The summed E-state index contributed by atoms with van der Waals surface area (Å²) in [5.74, 6) is -0.949. The van der Waals surface area contributed by atoms with Gasteiger partial charge in [0.2, 0.25) is 11.8 Å². The molecule has 78 heavy (non-hydrogen) atoms. The number of thiol groups is 1. The van der Waals surface area contributed by atoms with Crippen LogP contribution in [-0.4, -0.2) is 164 Å². The van der Waals surface area contributed by atoms with Crippen molar-refractivity contribution in [3.05, 3.63) is 116 Å². The summed E-state index contributed by atoms with van der Waals surface area (Å²) in [7, 11) is 0. The van der Waals surface area contributed by atoms with E-state index in [1.165, 1.54) is 21.3 Å². The maximum atomic E-state index is 12.7. The SMILES string of the molecule is CC(C)c1cc(-c2n[nH]c(=O)n2-c2ccc(CN3CCN(C(=O)N[C@@H](CS)C(N)=O)CC3)cc2)c(O)cc1O.CC[C@H](NC(=O)N1CCN(Cc2ccc(-n3c(-c4cc(C(C)C)c(O)cc4O)n[nH]c3=O)cc2)CC1)C(N)=O. The topological polar surface area (TPSA) is 340 Å². The van der Waals surface area contributed by atoms with Gasteiger partial charge in [0.1, 0.15) is 35.1 Å². The maximum Gasteiger partial charge on any atom is 0.348 e. The van der Waals surface area contributed by atoms with Crippen LogP contribution >= 0.6 is 12.6 Å². The summed E-state index contributed by atoms with van der Waals surface area (Å²) in [6.07, 6.45) is 0.443. The second-order valence-corrected chi connectivity index (χ2v) is 20.2. The molecule has 12 N–H and O–H groups in total. The number of benzene rings is 4. The number of hydrogen-bond acceptors (Lipinski definition) is 15. The van der Waals surface area contributed by atoms with Crippen molar-refractivity contribution in [2.24, 2.45) is 11.5 Å². The zero-order chi connectivity index (χ0) is 56.5. The Hall–Kier alpha value is -8.29. The zero-order valence-corrected chi connectivity index (χ0v) is 45.0. The molecule has 2 atom stereocenters. The third-order valence-corrected chi connectivity index (χ3v) is 14.1. The van der Waals surface area contributed by atoms with E-state index in [1.807, 2.05) is 76.2 Å². The Labute approximate surface area is 455 Å². The number of phenolic OH excluding ortho intramolecular Hbond substituents is 4. The molecule has 0 unspecified atom stereocenters. The van der Waals surface area contributed by atoms with Crippen LogP contribution in [0.4, 0.5) is 9.59 Å². The normalized spacial score (nSPS) is 14.9. The molecule has 0 radical (unpaired) electrons. The first-order valence-corrected chi connectivity index (χ1v) is 26.2. The number of amides is 6. The van der Waals surface area contributed by atoms with Crippen LogP contribution < -0.4 is 33.5 Å². The first-order valence-electron chi connectivity index (χ1n) is 25.6. The molecule has 0 saturated carbocycles. The number of carbonyl (C=O) groups is 4. The summed E-state index contributed by atoms with van der Waals surface area (Å²) >= 11 is 4.05. The van der Waals surface area contributed by atoms with E-state index in [1.54, 1.807) is 28.9 Å². The summed E-state index contributed by atoms with van der Waals surface area (Å²) in [5.41, 5.74) is 14.8. The average molecular weight is 1090 g/mol. The zero-order valence-electron chi connectivity index (χ0n) is 44.1. The van der Waals surface area contributed by atoms with Gasteiger partial charge in [0.15, 0.2) is 11.6 Å². The molecule has 2 aliphatic heterocycles. The Morgan fingerprint density at radius 3 is 1.26 bits per heavy atom. The molecule has 24 nitrogen and oxygen atoms in total. The number of nitrogens with two attached hydrogens (primary N) is 2. The minimum atomic E-state index is -0.809. The Kier molecular flexibility index (Phi) is 18.6. The van der Waals surface area contributed by atoms with E-state index in [2.05, 4.69) is 53.5 Å². The van der Waals surface area contributed by atoms with Crippen LogP contribution in [0.3, 0.4) is 0 Å². The number of hydrogen-bond donors (Lipinski definition) is 11. The molecule has 8 rings (SSSR count). The molecule has 2 saturated heterocycles. The first kappa shape index (κ1) is 57.4. The fourth-order valence-corrected chi connectivity index (χ4v) is 9.47. The van der Waals surface area contributed by atoms with E-state index in [-0.39, 0.29) is 64.3 Å². The number of phenols is 4. The van der Waals surface area contributed by atoms with Crippen LogP contribution in [0.15, 0.2) is 82.4 Å². The highest BCUT2D eigenvalue weighted by molar-refractivity contribution is 7.80. The van der Waals surface area contributed by atoms with Gasteiger partial charge < -0.3 is 52.3 Å². The molecule has 2 fully saturated rings. The second-order valence-electron chi connectivity index (χ2n) is 19.8. The van der Waals surface area contributed by atoms with Crippen LogP contribution in [0, 0.1) is 0 Å². The number of rotatable bonds is 16. The third-order valence-electron chi connectivity index (χ3n) is 13.8. The quantitative estimate of drug-likeness (QED) is 0.0621. The van der Waals surface area contributed by atoms with Crippen molar-refractivity contribution in [3.63, 3.8) is 0 Å². The second kappa shape index (κ2) is 25.2. The number of urea groups is 2. The number of H-pyrrole nitrogens is 2. The molecule has 2 aliphatic rings. The van der Waals surface area contributed by atoms with E-state index in [9.17, 15) is 49.2 Å². The van der Waals surface area contributed by atoms with Gasteiger partial charge in [-0.2, -0.15) is 22.8 Å². The van der Waals surface area contributed by atoms with Crippen molar-refractivity contribution in [1.82, 2.24) is 59.8 Å². The number of aromatic amines is 2. The molecule has 416 valence electrons. The smallest absolute Gasteiger partial charge is 0.348 e. The minimum absolute atomic E-state index is 0.000837. The summed E-state index contributed by atoms with van der Waals surface area (Å²) in [4.78, 5) is 80.7. The third kappa shape index (κ3) is 13.4. The average Bonchev–Trinajstić information content (AvgIpc) is 3.99. The van der Waals surface area contributed by atoms with Crippen LogP contribution in [-0.2, 0) is 22.7 Å². The molecule has 6 amide bonds. The Morgan fingerprint density at radius 2 is 0.936 bits per heavy atom. The minimum Gasteiger partial charge on any atom is -0.508 e. The number of nitrogens with one attached hydrogen (secondary N) is 4. The highest BCUT2D eigenvalue weighted by Gasteiger charge is 2.27. The lowest BCUT2D eigenvalue weighted by atomic mass is 9.98. The van der Waals surface area contributed by atoms with Gasteiger partial charge in [-0.15, -0.1) is 0 Å². The molecule has 0 bridgehead atoms. The molecule has 4 heterocycles. The molecule has 0 aliphatic carbocycles. The van der Waals surface area contributed by atoms with Crippen LogP contribution in [0.5, 0.6) is 23.0 Å². The number of aromatic hydroxyl groups is 4. The predicted molar refractivity (Wildman–Crippen MR) is 295 cm³/mol. The first-order chi connectivity index (χ1) is 37.2. The standard InChI is InChI=1S/C27H35N7O5.C26H33N7O5S/c1-4-21(24(28)37)29-26(38)33-11-9-32(10-12-33)15-17-5-7-18(8-6-17)34-25(30-31-27(34)39)20-13-19(16(2)3)22(35)14-23(20)36;1-15(2)18-11-19(22(35)12-21(18)34)24-29-30-26(38)33(24)17-5-3-16(4-6-17)13-31-7-9-32(10-8-31)25(37)28-20(14-39)23(27)36/h5-8,13-14,16,21,35-36H,4,9-12,15H2,1-3H3,(H2,28,37)(H,29,38)(H,31,39);3-6,11-12,15,20,34-35,39H,7-10,13-14H2,1-2H3,(H2,27,36)(H,28,37)(H,30,38)/t21-;20-/m00/s1. The summed E-state index contributed by atoms with van der Waals surface area (Å²) in [6, 6.07) is 18.6. The largest absolute Gasteiger partial charge is 0.508 e. The Morgan fingerprint density at radius 1 is 0.577 bits per heavy atom. The number of aromatic nitrogens is 6. The van der Waals surface area contributed by atoms with Crippen molar-refractivity contribution in [2.75, 3.05) is 58.1 Å². The molecule has 4 aromatic carbocycles. The van der Waals surface area contributed by atoms with Gasteiger partial charge in [-0.1, -0.05) is 58.9 Å². The van der Waals surface area contributed by atoms with Crippen molar-refractivity contribution in [3.8, 4) is 57.1 Å². The van der Waals surface area contributed by atoms with E-state index >= 15 is 0 Å². The number of carbonyl (C=O) groups excluding carboxylic acids is 4. The number of piperazine rings is 2. The molecule has 6 aromatic rings. The molecule has 25 heteroatoms. The summed E-state index contributed by atoms with van der Waals surface area (Å²) in [5, 5.41) is 59.9.